The largest absolute Gasteiger partial charge is 0.309 e. The summed E-state index contributed by atoms with van der Waals surface area (Å²) in [5.74, 6) is 1.21. The fourth-order valence-electron chi connectivity index (χ4n) is 3.60. The molecule has 0 saturated heterocycles. The van der Waals surface area contributed by atoms with Crippen LogP contribution < -0.4 is 0 Å². The van der Waals surface area contributed by atoms with Crippen molar-refractivity contribution in [2.24, 2.45) is 16.7 Å². The van der Waals surface area contributed by atoms with Gasteiger partial charge in [-0.2, -0.15) is 0 Å². The van der Waals surface area contributed by atoms with E-state index in [1.54, 1.807) is 0 Å². The number of hydrogen-bond acceptors (Lipinski definition) is 2. The third-order valence-corrected chi connectivity index (χ3v) is 4.73. The summed E-state index contributed by atoms with van der Waals surface area (Å²) in [4.78, 5) is 14.6. The first-order valence-electron chi connectivity index (χ1n) is 6.08. The topological polar surface area (TPSA) is 20.3 Å². The number of ketones is 1. The average Bonchev–Trinajstić information content (AvgIpc) is 2.65. The zero-order chi connectivity index (χ0) is 11.3. The number of nitrogens with zero attached hydrogens (tertiary/aromatic N) is 1. The molecule has 86 valence electrons. The molecule has 2 rings (SSSR count). The average molecular weight is 209 g/mol. The maximum atomic E-state index is 12.4. The number of carbonyl (C=O) groups excluding carboxylic acids is 1. The molecular formula is C13H23NO. The Morgan fingerprint density at radius 3 is 2.53 bits per heavy atom. The van der Waals surface area contributed by atoms with Gasteiger partial charge in [0, 0.05) is 10.8 Å². The Bertz CT molecular complexity index is 282. The van der Waals surface area contributed by atoms with E-state index in [9.17, 15) is 4.79 Å². The van der Waals surface area contributed by atoms with Crippen molar-refractivity contribution in [1.82, 2.24) is 4.90 Å². The van der Waals surface area contributed by atoms with Gasteiger partial charge in [0.25, 0.3) is 0 Å². The molecule has 15 heavy (non-hydrogen) atoms. The second-order valence-electron chi connectivity index (χ2n) is 6.32. The number of Topliss-reactive ketones (excluding diaryl/α,β-unsaturated/α-hetero) is 1. The Hall–Kier alpha value is -0.370. The van der Waals surface area contributed by atoms with E-state index < -0.39 is 0 Å². The molecule has 2 atom stereocenters. The predicted molar refractivity (Wildman–Crippen MR) is 61.7 cm³/mol. The van der Waals surface area contributed by atoms with Crippen LogP contribution in [0.25, 0.3) is 0 Å². The second kappa shape index (κ2) is 3.31. The van der Waals surface area contributed by atoms with Crippen molar-refractivity contribution in [2.75, 3.05) is 20.6 Å². The summed E-state index contributed by atoms with van der Waals surface area (Å²) >= 11 is 0. The molecule has 2 aliphatic rings. The first kappa shape index (κ1) is 11.1. The summed E-state index contributed by atoms with van der Waals surface area (Å²) in [6.45, 7) is 5.35. The Kier molecular flexibility index (Phi) is 2.45. The normalized spacial score (nSPS) is 37.9. The van der Waals surface area contributed by atoms with Gasteiger partial charge in [0.15, 0.2) is 0 Å². The van der Waals surface area contributed by atoms with Gasteiger partial charge in [0.2, 0.25) is 0 Å². The molecule has 2 fully saturated rings. The van der Waals surface area contributed by atoms with Crippen LogP contribution >= 0.6 is 0 Å². The molecule has 0 N–H and O–H groups in total. The Balaban J connectivity index is 2.13. The summed E-state index contributed by atoms with van der Waals surface area (Å²) in [7, 11) is 4.18. The highest BCUT2D eigenvalue weighted by Gasteiger charge is 2.60. The number of carbonyl (C=O) groups is 1. The minimum atomic E-state index is -0.0371. The molecule has 0 aromatic heterocycles. The zero-order valence-electron chi connectivity index (χ0n) is 10.5. The van der Waals surface area contributed by atoms with E-state index in [0.717, 1.165) is 25.8 Å². The summed E-state index contributed by atoms with van der Waals surface area (Å²) in [5.41, 5.74) is 0.0169. The lowest BCUT2D eigenvalue weighted by molar-refractivity contribution is -0.136. The number of fused-ring (bicyclic) bond motifs is 2. The van der Waals surface area contributed by atoms with E-state index in [1.807, 2.05) is 0 Å². The van der Waals surface area contributed by atoms with Gasteiger partial charge in [-0.05, 0) is 52.2 Å². The van der Waals surface area contributed by atoms with Crippen molar-refractivity contribution in [3.63, 3.8) is 0 Å². The van der Waals surface area contributed by atoms with Crippen LogP contribution in [0.5, 0.6) is 0 Å². The van der Waals surface area contributed by atoms with E-state index in [2.05, 4.69) is 32.8 Å². The predicted octanol–water partition coefficient (Wildman–Crippen LogP) is 2.33. The number of hydrogen-bond donors (Lipinski definition) is 0. The molecule has 0 unspecified atom stereocenters. The van der Waals surface area contributed by atoms with Crippen LogP contribution in [0.4, 0.5) is 0 Å². The van der Waals surface area contributed by atoms with Gasteiger partial charge in [-0.3, -0.25) is 4.79 Å². The molecular weight excluding hydrogens is 186 g/mol. The fraction of sp³-hybridized carbons (Fsp3) is 0.923. The Labute approximate surface area is 93.0 Å². The van der Waals surface area contributed by atoms with Gasteiger partial charge in [-0.15, -0.1) is 0 Å². The standard InChI is InChI=1S/C13H23NO/c1-12(2)10-5-6-13(9-10,11(12)15)7-8-14(3)4/h10H,5-9H2,1-4H3/t10-,13-/m0/s1. The van der Waals surface area contributed by atoms with Crippen molar-refractivity contribution in [1.29, 1.82) is 0 Å². The summed E-state index contributed by atoms with van der Waals surface area (Å²) in [6, 6.07) is 0. The van der Waals surface area contributed by atoms with Gasteiger partial charge >= 0.3 is 0 Å². The molecule has 0 aliphatic heterocycles. The van der Waals surface area contributed by atoms with Gasteiger partial charge in [0.1, 0.15) is 5.78 Å². The molecule has 0 aromatic carbocycles. The van der Waals surface area contributed by atoms with Crippen LogP contribution in [-0.2, 0) is 4.79 Å². The molecule has 2 nitrogen and oxygen atoms in total. The highest BCUT2D eigenvalue weighted by atomic mass is 16.1. The summed E-state index contributed by atoms with van der Waals surface area (Å²) in [6.07, 6.45) is 4.64. The van der Waals surface area contributed by atoms with E-state index in [-0.39, 0.29) is 10.8 Å². The quantitative estimate of drug-likeness (QED) is 0.711. The third kappa shape index (κ3) is 1.54. The van der Waals surface area contributed by atoms with Gasteiger partial charge in [0.05, 0.1) is 0 Å². The first-order valence-corrected chi connectivity index (χ1v) is 6.08. The maximum Gasteiger partial charge on any atom is 0.144 e. The van der Waals surface area contributed by atoms with Crippen molar-refractivity contribution in [3.8, 4) is 0 Å². The summed E-state index contributed by atoms with van der Waals surface area (Å²) in [5, 5.41) is 0. The van der Waals surface area contributed by atoms with Crippen LogP contribution in [0.2, 0.25) is 0 Å². The molecule has 0 spiro atoms. The van der Waals surface area contributed by atoms with Crippen LogP contribution in [0.3, 0.4) is 0 Å². The SMILES string of the molecule is CN(C)CC[C@@]12CC[C@@H](C1)C(C)(C)C2=O. The highest BCUT2D eigenvalue weighted by Crippen LogP contribution is 2.61. The van der Waals surface area contributed by atoms with Gasteiger partial charge < -0.3 is 4.90 Å². The molecule has 0 aromatic rings. The lowest BCUT2D eigenvalue weighted by Gasteiger charge is -2.34. The monoisotopic (exact) mass is 209 g/mol. The molecule has 2 bridgehead atoms. The van der Waals surface area contributed by atoms with Gasteiger partial charge in [-0.25, -0.2) is 0 Å². The first-order chi connectivity index (χ1) is 6.88. The number of rotatable bonds is 3. The van der Waals surface area contributed by atoms with E-state index >= 15 is 0 Å². The van der Waals surface area contributed by atoms with E-state index in [1.165, 1.54) is 6.42 Å². The lowest BCUT2D eigenvalue weighted by atomic mass is 9.70. The van der Waals surface area contributed by atoms with Crippen LogP contribution in [0.1, 0.15) is 39.5 Å². The van der Waals surface area contributed by atoms with Crippen LogP contribution in [-0.4, -0.2) is 31.3 Å². The van der Waals surface area contributed by atoms with Gasteiger partial charge in [-0.1, -0.05) is 13.8 Å². The third-order valence-electron chi connectivity index (χ3n) is 4.73. The fourth-order valence-corrected chi connectivity index (χ4v) is 3.60. The Morgan fingerprint density at radius 2 is 2.07 bits per heavy atom. The summed E-state index contributed by atoms with van der Waals surface area (Å²) < 4.78 is 0. The van der Waals surface area contributed by atoms with E-state index in [0.29, 0.717) is 11.7 Å². The zero-order valence-corrected chi connectivity index (χ0v) is 10.5. The minimum Gasteiger partial charge on any atom is -0.309 e. The second-order valence-corrected chi connectivity index (χ2v) is 6.32. The van der Waals surface area contributed by atoms with Crippen LogP contribution in [0, 0.1) is 16.7 Å². The molecule has 2 aliphatic carbocycles. The molecule has 0 amide bonds. The van der Waals surface area contributed by atoms with E-state index in [4.69, 9.17) is 0 Å². The molecule has 2 heteroatoms. The van der Waals surface area contributed by atoms with Crippen LogP contribution in [0.15, 0.2) is 0 Å². The van der Waals surface area contributed by atoms with Crippen molar-refractivity contribution < 1.29 is 4.79 Å². The molecule has 2 saturated carbocycles. The molecule has 0 heterocycles. The Morgan fingerprint density at radius 1 is 1.40 bits per heavy atom. The van der Waals surface area contributed by atoms with Crippen molar-refractivity contribution >= 4 is 5.78 Å². The van der Waals surface area contributed by atoms with Crippen molar-refractivity contribution in [3.05, 3.63) is 0 Å². The highest BCUT2D eigenvalue weighted by molar-refractivity contribution is 5.93. The smallest absolute Gasteiger partial charge is 0.144 e. The minimum absolute atomic E-state index is 0.0371. The molecule has 0 radical (unpaired) electrons. The lowest BCUT2D eigenvalue weighted by Crippen LogP contribution is -2.38. The van der Waals surface area contributed by atoms with Crippen molar-refractivity contribution in [2.45, 2.75) is 39.5 Å². The maximum absolute atomic E-state index is 12.4.